The van der Waals surface area contributed by atoms with Crippen LogP contribution in [0, 0.1) is 16.0 Å². The molecule has 1 aromatic carbocycles. The third-order valence-corrected chi connectivity index (χ3v) is 6.85. The molecule has 2 N–H and O–H groups in total. The molecule has 1 aromatic rings. The van der Waals surface area contributed by atoms with E-state index in [-0.39, 0.29) is 35.4 Å². The van der Waals surface area contributed by atoms with Gasteiger partial charge in [-0.15, -0.1) is 0 Å². The molecule has 2 unspecified atom stereocenters. The minimum absolute atomic E-state index is 0.0885. The van der Waals surface area contributed by atoms with Gasteiger partial charge < -0.3 is 15.2 Å². The number of piperidine rings is 1. The maximum Gasteiger partial charge on any atom is 0.293 e. The predicted octanol–water partition coefficient (Wildman–Crippen LogP) is 2.21. The Morgan fingerprint density at radius 3 is 2.75 bits per heavy atom. The van der Waals surface area contributed by atoms with Gasteiger partial charge in [0.1, 0.15) is 5.69 Å². The molecule has 1 aliphatic heterocycles. The SMILES string of the molecule is COCC(C)(CCO)Nc1ccc(S(=O)(=O)N2CCCC(C)C2)cc1[N+](=O)[O-]. The molecule has 10 heteroatoms. The molecular formula is C18H29N3O6S. The normalized spacial score (nSPS) is 20.5. The molecular weight excluding hydrogens is 386 g/mol. The lowest BCUT2D eigenvalue weighted by Crippen LogP contribution is -2.41. The van der Waals surface area contributed by atoms with Gasteiger partial charge in [0, 0.05) is 32.9 Å². The van der Waals surface area contributed by atoms with Crippen LogP contribution < -0.4 is 5.32 Å². The summed E-state index contributed by atoms with van der Waals surface area (Å²) >= 11 is 0. The van der Waals surface area contributed by atoms with Crippen molar-refractivity contribution in [2.75, 3.05) is 38.7 Å². The van der Waals surface area contributed by atoms with Crippen LogP contribution in [0.25, 0.3) is 0 Å². The van der Waals surface area contributed by atoms with Crippen molar-refractivity contribution in [1.29, 1.82) is 0 Å². The summed E-state index contributed by atoms with van der Waals surface area (Å²) in [4.78, 5) is 10.9. The number of nitrogens with one attached hydrogen (secondary N) is 1. The zero-order valence-electron chi connectivity index (χ0n) is 16.6. The molecule has 1 aliphatic rings. The summed E-state index contributed by atoms with van der Waals surface area (Å²) in [5.74, 6) is 0.257. The molecule has 2 atom stereocenters. The van der Waals surface area contributed by atoms with Crippen molar-refractivity contribution in [2.45, 2.75) is 43.5 Å². The summed E-state index contributed by atoms with van der Waals surface area (Å²) in [6, 6.07) is 3.89. The van der Waals surface area contributed by atoms with E-state index in [2.05, 4.69) is 5.32 Å². The van der Waals surface area contributed by atoms with Gasteiger partial charge in [-0.25, -0.2) is 8.42 Å². The Bertz CT molecular complexity index is 793. The molecule has 2 rings (SSSR count). The highest BCUT2D eigenvalue weighted by Crippen LogP contribution is 2.33. The van der Waals surface area contributed by atoms with Crippen molar-refractivity contribution >= 4 is 21.4 Å². The zero-order chi connectivity index (χ0) is 20.9. The van der Waals surface area contributed by atoms with Gasteiger partial charge >= 0.3 is 0 Å². The van der Waals surface area contributed by atoms with E-state index in [1.807, 2.05) is 6.92 Å². The molecule has 0 aliphatic carbocycles. The van der Waals surface area contributed by atoms with Crippen molar-refractivity contribution in [2.24, 2.45) is 5.92 Å². The predicted molar refractivity (Wildman–Crippen MR) is 106 cm³/mol. The molecule has 0 aromatic heterocycles. The van der Waals surface area contributed by atoms with Gasteiger partial charge in [-0.05, 0) is 44.2 Å². The van der Waals surface area contributed by atoms with Gasteiger partial charge in [0.25, 0.3) is 5.69 Å². The minimum Gasteiger partial charge on any atom is -0.396 e. The Hall–Kier alpha value is -1.75. The number of aliphatic hydroxyl groups excluding tert-OH is 1. The number of methoxy groups -OCH3 is 1. The number of nitro benzene ring substituents is 1. The van der Waals surface area contributed by atoms with E-state index < -0.39 is 20.5 Å². The highest BCUT2D eigenvalue weighted by molar-refractivity contribution is 7.89. The number of benzene rings is 1. The Balaban J connectivity index is 2.38. The minimum atomic E-state index is -3.80. The van der Waals surface area contributed by atoms with E-state index in [4.69, 9.17) is 4.74 Å². The smallest absolute Gasteiger partial charge is 0.293 e. The molecule has 0 saturated carbocycles. The fourth-order valence-corrected chi connectivity index (χ4v) is 5.12. The quantitative estimate of drug-likeness (QED) is 0.468. The van der Waals surface area contributed by atoms with Gasteiger partial charge in [-0.2, -0.15) is 4.31 Å². The van der Waals surface area contributed by atoms with Gasteiger partial charge in [0.2, 0.25) is 10.0 Å². The third-order valence-electron chi connectivity index (χ3n) is 4.99. The van der Waals surface area contributed by atoms with Crippen LogP contribution in [-0.2, 0) is 14.8 Å². The highest BCUT2D eigenvalue weighted by atomic mass is 32.2. The summed E-state index contributed by atoms with van der Waals surface area (Å²) in [5.41, 5.74) is -0.882. The second-order valence-electron chi connectivity index (χ2n) is 7.64. The number of ether oxygens (including phenoxy) is 1. The van der Waals surface area contributed by atoms with Gasteiger partial charge in [0.15, 0.2) is 0 Å². The number of anilines is 1. The van der Waals surface area contributed by atoms with E-state index in [0.29, 0.717) is 19.5 Å². The maximum absolute atomic E-state index is 12.9. The van der Waals surface area contributed by atoms with Crippen molar-refractivity contribution in [3.63, 3.8) is 0 Å². The number of nitrogens with zero attached hydrogens (tertiary/aromatic N) is 2. The summed E-state index contributed by atoms with van der Waals surface area (Å²) < 4.78 is 32.4. The lowest BCUT2D eigenvalue weighted by atomic mass is 9.98. The van der Waals surface area contributed by atoms with Crippen LogP contribution in [0.4, 0.5) is 11.4 Å². The standard InChI is InChI=1S/C18H29N3O6S/c1-14-5-4-9-20(12-14)28(25,26)15-6-7-16(17(11-15)21(23)24)19-18(2,8-10-22)13-27-3/h6-7,11,14,19,22H,4-5,8-10,12-13H2,1-3H3. The van der Waals surface area contributed by atoms with Crippen LogP contribution in [0.2, 0.25) is 0 Å². The average Bonchev–Trinajstić information content (AvgIpc) is 2.62. The van der Waals surface area contributed by atoms with Crippen molar-refractivity contribution < 1.29 is 23.2 Å². The summed E-state index contributed by atoms with van der Waals surface area (Å²) in [7, 11) is -2.29. The van der Waals surface area contributed by atoms with Crippen molar-refractivity contribution in [3.8, 4) is 0 Å². The fourth-order valence-electron chi connectivity index (χ4n) is 3.50. The summed E-state index contributed by atoms with van der Waals surface area (Å²) in [5, 5.41) is 23.9. The molecule has 28 heavy (non-hydrogen) atoms. The number of sulfonamides is 1. The first-order valence-electron chi connectivity index (χ1n) is 9.29. The molecule has 9 nitrogen and oxygen atoms in total. The van der Waals surface area contributed by atoms with Crippen LogP contribution in [0.3, 0.4) is 0 Å². The molecule has 1 fully saturated rings. The number of hydrogen-bond acceptors (Lipinski definition) is 7. The number of hydrogen-bond donors (Lipinski definition) is 2. The molecule has 0 radical (unpaired) electrons. The van der Waals surface area contributed by atoms with E-state index in [1.54, 1.807) is 6.92 Å². The fraction of sp³-hybridized carbons (Fsp3) is 0.667. The topological polar surface area (TPSA) is 122 Å². The largest absolute Gasteiger partial charge is 0.396 e. The van der Waals surface area contributed by atoms with E-state index in [1.165, 1.54) is 23.5 Å². The van der Waals surface area contributed by atoms with Crippen LogP contribution in [0.15, 0.2) is 23.1 Å². The van der Waals surface area contributed by atoms with E-state index in [9.17, 15) is 23.6 Å². The van der Waals surface area contributed by atoms with Gasteiger partial charge in [0.05, 0.1) is 22.0 Å². The van der Waals surface area contributed by atoms with Crippen LogP contribution in [0.1, 0.15) is 33.1 Å². The summed E-state index contributed by atoms with van der Waals surface area (Å²) in [6.45, 7) is 4.70. The average molecular weight is 416 g/mol. The number of aliphatic hydroxyl groups is 1. The molecule has 0 spiro atoms. The van der Waals surface area contributed by atoms with Crippen LogP contribution in [-0.4, -0.2) is 61.7 Å². The first kappa shape index (κ1) is 22.5. The molecule has 158 valence electrons. The maximum atomic E-state index is 12.9. The summed E-state index contributed by atoms with van der Waals surface area (Å²) in [6.07, 6.45) is 2.06. The van der Waals surface area contributed by atoms with Crippen LogP contribution >= 0.6 is 0 Å². The molecule has 1 heterocycles. The van der Waals surface area contributed by atoms with E-state index in [0.717, 1.165) is 18.9 Å². The van der Waals surface area contributed by atoms with Crippen molar-refractivity contribution in [3.05, 3.63) is 28.3 Å². The highest BCUT2D eigenvalue weighted by Gasteiger charge is 2.32. The monoisotopic (exact) mass is 415 g/mol. The first-order chi connectivity index (χ1) is 13.1. The molecule has 0 bridgehead atoms. The Kier molecular flexibility index (Phi) is 7.38. The zero-order valence-corrected chi connectivity index (χ0v) is 17.4. The Morgan fingerprint density at radius 2 is 2.18 bits per heavy atom. The van der Waals surface area contributed by atoms with Crippen LogP contribution in [0.5, 0.6) is 0 Å². The second-order valence-corrected chi connectivity index (χ2v) is 9.58. The number of nitro groups is 1. The van der Waals surface area contributed by atoms with Gasteiger partial charge in [-0.3, -0.25) is 10.1 Å². The van der Waals surface area contributed by atoms with E-state index >= 15 is 0 Å². The molecule has 1 saturated heterocycles. The number of rotatable bonds is 9. The Labute approximate surface area is 165 Å². The first-order valence-corrected chi connectivity index (χ1v) is 10.7. The Morgan fingerprint density at radius 1 is 1.46 bits per heavy atom. The lowest BCUT2D eigenvalue weighted by Gasteiger charge is -2.31. The third kappa shape index (κ3) is 5.19. The molecule has 0 amide bonds. The lowest BCUT2D eigenvalue weighted by molar-refractivity contribution is -0.384. The second kappa shape index (κ2) is 9.17. The van der Waals surface area contributed by atoms with Gasteiger partial charge in [-0.1, -0.05) is 6.92 Å². The van der Waals surface area contributed by atoms with Crippen molar-refractivity contribution in [1.82, 2.24) is 4.31 Å².